The van der Waals surface area contributed by atoms with E-state index >= 15 is 0 Å². The molecular formula is C8H8N4O2. The molecule has 2 heterocycles. The first-order chi connectivity index (χ1) is 6.72. The number of hydrogen-bond acceptors (Lipinski definition) is 4. The molecule has 0 unspecified atom stereocenters. The smallest absolute Gasteiger partial charge is 0.356 e. The van der Waals surface area contributed by atoms with E-state index in [4.69, 9.17) is 5.11 Å². The lowest BCUT2D eigenvalue weighted by atomic mass is 10.5. The summed E-state index contributed by atoms with van der Waals surface area (Å²) in [5.74, 6) is -0.448. The van der Waals surface area contributed by atoms with Gasteiger partial charge in [-0.05, 0) is 12.1 Å². The van der Waals surface area contributed by atoms with E-state index in [0.717, 1.165) is 0 Å². The van der Waals surface area contributed by atoms with Gasteiger partial charge in [0.2, 0.25) is 0 Å². The minimum absolute atomic E-state index is 0.0529. The van der Waals surface area contributed by atoms with E-state index in [1.165, 1.54) is 10.7 Å². The highest BCUT2D eigenvalue weighted by Gasteiger charge is 2.11. The number of hydrogen-bond donors (Lipinski definition) is 2. The number of carbonyl (C=O) groups is 1. The summed E-state index contributed by atoms with van der Waals surface area (Å²) < 4.78 is 1.29. The first-order valence-corrected chi connectivity index (χ1v) is 3.98. The Morgan fingerprint density at radius 2 is 2.36 bits per heavy atom. The summed E-state index contributed by atoms with van der Waals surface area (Å²) in [4.78, 5) is 14.7. The molecule has 2 rings (SSSR count). The van der Waals surface area contributed by atoms with Gasteiger partial charge in [0.15, 0.2) is 11.3 Å². The van der Waals surface area contributed by atoms with Crippen LogP contribution in [0, 0.1) is 0 Å². The maximum atomic E-state index is 10.8. The van der Waals surface area contributed by atoms with Gasteiger partial charge < -0.3 is 10.4 Å². The Bertz CT molecular complexity index is 491. The van der Waals surface area contributed by atoms with Crippen molar-refractivity contribution in [3.63, 3.8) is 0 Å². The van der Waals surface area contributed by atoms with Crippen molar-refractivity contribution in [3.8, 4) is 0 Å². The average molecular weight is 192 g/mol. The van der Waals surface area contributed by atoms with Gasteiger partial charge in [0.1, 0.15) is 5.82 Å². The van der Waals surface area contributed by atoms with Crippen LogP contribution in [-0.2, 0) is 0 Å². The van der Waals surface area contributed by atoms with Crippen molar-refractivity contribution < 1.29 is 9.90 Å². The second kappa shape index (κ2) is 2.99. The highest BCUT2D eigenvalue weighted by Crippen LogP contribution is 2.08. The monoisotopic (exact) mass is 192 g/mol. The van der Waals surface area contributed by atoms with Crippen LogP contribution in [0.5, 0.6) is 0 Å². The third kappa shape index (κ3) is 1.17. The van der Waals surface area contributed by atoms with Crippen LogP contribution in [0.15, 0.2) is 18.3 Å². The number of fused-ring (bicyclic) bond motifs is 1. The zero-order valence-corrected chi connectivity index (χ0v) is 7.43. The normalized spacial score (nSPS) is 10.4. The Balaban J connectivity index is 2.69. The number of carboxylic acid groups (broad SMARTS) is 1. The molecule has 0 saturated carbocycles. The van der Waals surface area contributed by atoms with Crippen molar-refractivity contribution in [2.45, 2.75) is 0 Å². The molecule has 0 fully saturated rings. The summed E-state index contributed by atoms with van der Waals surface area (Å²) in [6, 6.07) is 3.43. The van der Waals surface area contributed by atoms with E-state index < -0.39 is 5.97 Å². The summed E-state index contributed by atoms with van der Waals surface area (Å²) in [5, 5.41) is 15.7. The van der Waals surface area contributed by atoms with Gasteiger partial charge in [0.05, 0.1) is 6.20 Å². The minimum Gasteiger partial charge on any atom is -0.476 e. The van der Waals surface area contributed by atoms with Gasteiger partial charge in [0.25, 0.3) is 0 Å². The van der Waals surface area contributed by atoms with Crippen LogP contribution in [-0.4, -0.2) is 32.7 Å². The van der Waals surface area contributed by atoms with Crippen LogP contribution in [0.25, 0.3) is 5.65 Å². The zero-order chi connectivity index (χ0) is 10.1. The van der Waals surface area contributed by atoms with Gasteiger partial charge in [-0.1, -0.05) is 0 Å². The molecule has 0 saturated heterocycles. The Kier molecular flexibility index (Phi) is 1.81. The van der Waals surface area contributed by atoms with Gasteiger partial charge in [0, 0.05) is 7.05 Å². The summed E-state index contributed by atoms with van der Waals surface area (Å²) in [5.41, 5.74) is 0.568. The number of nitrogens with zero attached hydrogens (tertiary/aromatic N) is 3. The standard InChI is InChI=1S/C8H8N4O2/c1-9-6-2-3-7-10-4-5(8(13)14)12(7)11-6/h2-4H,1H3,(H,9,11)(H,13,14). The fourth-order valence-corrected chi connectivity index (χ4v) is 1.15. The van der Waals surface area contributed by atoms with E-state index in [2.05, 4.69) is 15.4 Å². The molecule has 6 heteroatoms. The van der Waals surface area contributed by atoms with Crippen molar-refractivity contribution in [2.24, 2.45) is 0 Å². The fraction of sp³-hybridized carbons (Fsp3) is 0.125. The lowest BCUT2D eigenvalue weighted by Crippen LogP contribution is -2.06. The molecule has 0 bridgehead atoms. The number of aromatic nitrogens is 3. The largest absolute Gasteiger partial charge is 0.476 e. The molecule has 2 N–H and O–H groups in total. The first-order valence-electron chi connectivity index (χ1n) is 3.98. The average Bonchev–Trinajstić information content (AvgIpc) is 2.59. The van der Waals surface area contributed by atoms with Gasteiger partial charge in [-0.25, -0.2) is 14.3 Å². The van der Waals surface area contributed by atoms with Gasteiger partial charge in [-0.3, -0.25) is 0 Å². The van der Waals surface area contributed by atoms with Gasteiger partial charge in [-0.15, -0.1) is 5.10 Å². The molecule has 0 spiro atoms. The first kappa shape index (κ1) is 8.49. The van der Waals surface area contributed by atoms with Crippen LogP contribution in [0.2, 0.25) is 0 Å². The number of carboxylic acids is 1. The number of anilines is 1. The van der Waals surface area contributed by atoms with Crippen LogP contribution in [0.3, 0.4) is 0 Å². The summed E-state index contributed by atoms with van der Waals surface area (Å²) >= 11 is 0. The van der Waals surface area contributed by atoms with Crippen molar-refractivity contribution in [1.29, 1.82) is 0 Å². The molecule has 0 amide bonds. The summed E-state index contributed by atoms with van der Waals surface area (Å²) in [6.45, 7) is 0. The quantitative estimate of drug-likeness (QED) is 0.723. The van der Waals surface area contributed by atoms with Crippen molar-refractivity contribution in [2.75, 3.05) is 12.4 Å². The van der Waals surface area contributed by atoms with Crippen LogP contribution in [0.1, 0.15) is 10.5 Å². The maximum absolute atomic E-state index is 10.8. The number of aromatic carboxylic acids is 1. The van der Waals surface area contributed by atoms with Gasteiger partial charge in [-0.2, -0.15) is 0 Å². The van der Waals surface area contributed by atoms with Gasteiger partial charge >= 0.3 is 5.97 Å². The Labute approximate surface area is 79.2 Å². The Morgan fingerprint density at radius 3 is 3.00 bits per heavy atom. The lowest BCUT2D eigenvalue weighted by Gasteiger charge is -1.99. The fourth-order valence-electron chi connectivity index (χ4n) is 1.15. The van der Waals surface area contributed by atoms with Crippen molar-refractivity contribution in [3.05, 3.63) is 24.0 Å². The molecule has 14 heavy (non-hydrogen) atoms. The van der Waals surface area contributed by atoms with Crippen LogP contribution in [0.4, 0.5) is 5.82 Å². The molecule has 0 aliphatic carbocycles. The Morgan fingerprint density at radius 1 is 1.57 bits per heavy atom. The highest BCUT2D eigenvalue weighted by molar-refractivity contribution is 5.86. The molecule has 0 aromatic carbocycles. The molecule has 2 aromatic heterocycles. The predicted octanol–water partition coefficient (Wildman–Crippen LogP) is 0.469. The second-order valence-corrected chi connectivity index (χ2v) is 2.69. The zero-order valence-electron chi connectivity index (χ0n) is 7.43. The highest BCUT2D eigenvalue weighted by atomic mass is 16.4. The SMILES string of the molecule is CNc1ccc2ncc(C(=O)O)n2n1. The molecular weight excluding hydrogens is 184 g/mol. The predicted molar refractivity (Wildman–Crippen MR) is 49.5 cm³/mol. The maximum Gasteiger partial charge on any atom is 0.356 e. The lowest BCUT2D eigenvalue weighted by molar-refractivity contribution is 0.0688. The van der Waals surface area contributed by atoms with E-state index in [9.17, 15) is 4.79 Å². The third-order valence-corrected chi connectivity index (χ3v) is 1.84. The number of rotatable bonds is 2. The second-order valence-electron chi connectivity index (χ2n) is 2.69. The van der Waals surface area contributed by atoms with E-state index in [-0.39, 0.29) is 5.69 Å². The van der Waals surface area contributed by atoms with E-state index in [1.54, 1.807) is 19.2 Å². The Hall–Kier alpha value is -2.11. The number of nitrogens with one attached hydrogen (secondary N) is 1. The van der Waals surface area contributed by atoms with E-state index in [0.29, 0.717) is 11.5 Å². The minimum atomic E-state index is -1.04. The molecule has 0 aliphatic rings. The van der Waals surface area contributed by atoms with Crippen LogP contribution >= 0.6 is 0 Å². The molecule has 2 aromatic rings. The molecule has 0 atom stereocenters. The summed E-state index contributed by atoms with van der Waals surface area (Å²) in [7, 11) is 1.71. The molecule has 6 nitrogen and oxygen atoms in total. The summed E-state index contributed by atoms with van der Waals surface area (Å²) in [6.07, 6.45) is 1.28. The topological polar surface area (TPSA) is 79.5 Å². The van der Waals surface area contributed by atoms with Crippen LogP contribution < -0.4 is 5.32 Å². The van der Waals surface area contributed by atoms with Crippen molar-refractivity contribution >= 4 is 17.4 Å². The van der Waals surface area contributed by atoms with Crippen molar-refractivity contribution in [1.82, 2.24) is 14.6 Å². The molecule has 72 valence electrons. The third-order valence-electron chi connectivity index (χ3n) is 1.84. The molecule has 0 radical (unpaired) electrons. The van der Waals surface area contributed by atoms with E-state index in [1.807, 2.05) is 0 Å². The number of imidazole rings is 1. The molecule has 0 aliphatic heterocycles.